The predicted molar refractivity (Wildman–Crippen MR) is 141 cm³/mol. The largest absolute Gasteiger partial charge is 0.455 e. The summed E-state index contributed by atoms with van der Waals surface area (Å²) in [6.07, 6.45) is 7.39. The Morgan fingerprint density at radius 3 is 2.26 bits per heavy atom. The Kier molecular flexibility index (Phi) is 5.02. The molecular formula is C32H29F4N2O+. The van der Waals surface area contributed by atoms with Crippen LogP contribution in [0.1, 0.15) is 64.6 Å². The van der Waals surface area contributed by atoms with Crippen molar-refractivity contribution in [2.24, 2.45) is 0 Å². The molecule has 0 aliphatic carbocycles. The molecule has 0 bridgehead atoms. The minimum Gasteiger partial charge on any atom is -0.455 e. The van der Waals surface area contributed by atoms with Gasteiger partial charge in [-0.25, -0.2) is 22.1 Å². The molecule has 200 valence electrons. The van der Waals surface area contributed by atoms with E-state index < -0.39 is 23.3 Å². The number of hydrogen-bond donors (Lipinski definition) is 0. The van der Waals surface area contributed by atoms with Gasteiger partial charge in [0.05, 0.1) is 5.56 Å². The van der Waals surface area contributed by atoms with E-state index >= 15 is 8.78 Å². The molecular weight excluding hydrogens is 504 g/mol. The van der Waals surface area contributed by atoms with Crippen LogP contribution in [0.5, 0.6) is 11.5 Å². The zero-order chi connectivity index (χ0) is 26.6. The fourth-order valence-electron chi connectivity index (χ4n) is 7.82. The molecule has 0 unspecified atom stereocenters. The molecule has 0 spiro atoms. The molecule has 3 aromatic carbocycles. The Hall–Kier alpha value is -3.35. The van der Waals surface area contributed by atoms with Crippen molar-refractivity contribution in [3.63, 3.8) is 0 Å². The molecule has 3 aromatic rings. The van der Waals surface area contributed by atoms with Crippen molar-refractivity contribution in [3.05, 3.63) is 84.9 Å². The lowest BCUT2D eigenvalue weighted by atomic mass is 9.81. The molecule has 39 heavy (non-hydrogen) atoms. The van der Waals surface area contributed by atoms with Crippen LogP contribution in [0, 0.1) is 30.2 Å². The van der Waals surface area contributed by atoms with Gasteiger partial charge in [0, 0.05) is 64.7 Å². The van der Waals surface area contributed by atoms with Gasteiger partial charge >= 0.3 is 0 Å². The first-order chi connectivity index (χ1) is 18.9. The van der Waals surface area contributed by atoms with Crippen molar-refractivity contribution < 1.29 is 22.3 Å². The predicted octanol–water partition coefficient (Wildman–Crippen LogP) is 4.99. The van der Waals surface area contributed by atoms with Crippen molar-refractivity contribution in [3.8, 4) is 11.5 Å². The SMILES string of the molecule is Cc1c(F)c(F)c(F)c(F)c1C1=c2cc3c4c(c2Oc2c1cc1c5c2CCCN5CCC1)CCC[N+]=4CCC3. The summed E-state index contributed by atoms with van der Waals surface area (Å²) in [7, 11) is 0. The smallest absolute Gasteiger partial charge is 0.210 e. The Bertz CT molecular complexity index is 1720. The van der Waals surface area contributed by atoms with E-state index in [-0.39, 0.29) is 11.1 Å². The van der Waals surface area contributed by atoms with E-state index in [1.807, 2.05) is 12.1 Å². The summed E-state index contributed by atoms with van der Waals surface area (Å²) in [5, 5.41) is 1.86. The third-order valence-corrected chi connectivity index (χ3v) is 9.44. The average molecular weight is 534 g/mol. The molecule has 5 aliphatic heterocycles. The molecule has 0 saturated carbocycles. The van der Waals surface area contributed by atoms with E-state index in [1.54, 1.807) is 0 Å². The summed E-state index contributed by atoms with van der Waals surface area (Å²) in [6.45, 7) is 5.29. The number of rotatable bonds is 1. The second kappa shape index (κ2) is 8.33. The molecule has 5 aliphatic rings. The van der Waals surface area contributed by atoms with Crippen LogP contribution < -0.4 is 24.8 Å². The second-order valence-electron chi connectivity index (χ2n) is 11.6. The number of anilines is 1. The van der Waals surface area contributed by atoms with Gasteiger partial charge in [0.25, 0.3) is 0 Å². The van der Waals surface area contributed by atoms with E-state index in [4.69, 9.17) is 4.74 Å². The Labute approximate surface area is 224 Å². The number of aryl methyl sites for hydroxylation is 2. The van der Waals surface area contributed by atoms with Crippen LogP contribution in [0.2, 0.25) is 0 Å². The molecule has 7 heteroatoms. The third kappa shape index (κ3) is 3.13. The van der Waals surface area contributed by atoms with E-state index in [0.717, 1.165) is 99.8 Å². The number of nitrogens with zero attached hydrogens (tertiary/aromatic N) is 2. The van der Waals surface area contributed by atoms with E-state index in [9.17, 15) is 8.78 Å². The van der Waals surface area contributed by atoms with Crippen LogP contribution in [0.4, 0.5) is 23.2 Å². The summed E-state index contributed by atoms with van der Waals surface area (Å²) in [5.74, 6) is -4.91. The molecule has 8 rings (SSSR count). The van der Waals surface area contributed by atoms with Crippen LogP contribution in [0.3, 0.4) is 0 Å². The molecule has 0 radical (unpaired) electrons. The minimum atomic E-state index is -1.77. The Morgan fingerprint density at radius 2 is 1.44 bits per heavy atom. The van der Waals surface area contributed by atoms with Crippen LogP contribution in [0.25, 0.3) is 5.57 Å². The molecule has 0 amide bonds. The number of ether oxygens (including phenoxy) is 1. The lowest BCUT2D eigenvalue weighted by Gasteiger charge is -2.39. The standard InChI is InChI=1S/C32H29F4N2O/c1-16-23(26(34)28(36)27(35)25(16)33)24-21-14-17-6-2-10-37-12-4-8-19(29(17)37)31(21)39-32-20-9-5-13-38-11-3-7-18(30(20)38)15-22(24)32/h14-15H,2-13H2,1H3/q+1. The van der Waals surface area contributed by atoms with Gasteiger partial charge in [0.1, 0.15) is 24.6 Å². The lowest BCUT2D eigenvalue weighted by Crippen LogP contribution is -2.45. The van der Waals surface area contributed by atoms with Crippen LogP contribution in [-0.2, 0) is 25.7 Å². The van der Waals surface area contributed by atoms with Crippen LogP contribution >= 0.6 is 0 Å². The molecule has 3 nitrogen and oxygen atoms in total. The van der Waals surface area contributed by atoms with Gasteiger partial charge in [-0.3, -0.25) is 0 Å². The first kappa shape index (κ1) is 23.5. The highest BCUT2D eigenvalue weighted by Crippen LogP contribution is 2.49. The van der Waals surface area contributed by atoms with E-state index in [1.165, 1.54) is 18.0 Å². The highest BCUT2D eigenvalue weighted by Gasteiger charge is 2.37. The maximum absolute atomic E-state index is 15.8. The molecule has 0 atom stereocenters. The van der Waals surface area contributed by atoms with Gasteiger partial charge in [-0.2, -0.15) is 0 Å². The molecule has 5 heterocycles. The van der Waals surface area contributed by atoms with Crippen molar-refractivity contribution in [1.29, 1.82) is 0 Å². The number of halogens is 4. The minimum absolute atomic E-state index is 0.205. The zero-order valence-corrected chi connectivity index (χ0v) is 22.0. The van der Waals surface area contributed by atoms with Gasteiger partial charge in [0.2, 0.25) is 5.36 Å². The van der Waals surface area contributed by atoms with Crippen molar-refractivity contribution in [2.45, 2.75) is 58.3 Å². The number of benzene rings is 3. The van der Waals surface area contributed by atoms with Gasteiger partial charge in [-0.05, 0) is 68.7 Å². The number of fused-ring (bicyclic) bond motifs is 4. The fourth-order valence-corrected chi connectivity index (χ4v) is 7.82. The summed E-state index contributed by atoms with van der Waals surface area (Å²) in [5.41, 5.74) is 6.36. The molecule has 0 aromatic heterocycles. The maximum atomic E-state index is 15.8. The van der Waals surface area contributed by atoms with Gasteiger partial charge in [0.15, 0.2) is 23.3 Å². The monoisotopic (exact) mass is 533 g/mol. The van der Waals surface area contributed by atoms with Crippen LogP contribution in [0.15, 0.2) is 12.1 Å². The van der Waals surface area contributed by atoms with Crippen molar-refractivity contribution in [2.75, 3.05) is 31.1 Å². The van der Waals surface area contributed by atoms with E-state index in [2.05, 4.69) is 9.48 Å². The Balaban J connectivity index is 1.57. The highest BCUT2D eigenvalue weighted by molar-refractivity contribution is 5.90. The van der Waals surface area contributed by atoms with E-state index in [0.29, 0.717) is 27.9 Å². The van der Waals surface area contributed by atoms with Crippen molar-refractivity contribution >= 4 is 11.3 Å². The van der Waals surface area contributed by atoms with Gasteiger partial charge in [-0.1, -0.05) is 0 Å². The van der Waals surface area contributed by atoms with Gasteiger partial charge < -0.3 is 9.64 Å². The van der Waals surface area contributed by atoms with Crippen LogP contribution in [-0.4, -0.2) is 26.2 Å². The topological polar surface area (TPSA) is 15.5 Å². The Morgan fingerprint density at radius 1 is 0.744 bits per heavy atom. The van der Waals surface area contributed by atoms with Crippen molar-refractivity contribution in [1.82, 2.24) is 4.58 Å². The highest BCUT2D eigenvalue weighted by atomic mass is 19.2. The summed E-state index contributed by atoms with van der Waals surface area (Å²) in [4.78, 5) is 2.41. The molecule has 0 fully saturated rings. The normalized spacial score (nSPS) is 18.7. The molecule has 0 N–H and O–H groups in total. The summed E-state index contributed by atoms with van der Waals surface area (Å²) in [6, 6.07) is 4.08. The number of hydrogen-bond acceptors (Lipinski definition) is 2. The fraction of sp³-hybridized carbons (Fsp3) is 0.406. The zero-order valence-electron chi connectivity index (χ0n) is 22.0. The lowest BCUT2D eigenvalue weighted by molar-refractivity contribution is 0.404. The average Bonchev–Trinajstić information content (AvgIpc) is 2.96. The van der Waals surface area contributed by atoms with Gasteiger partial charge in [-0.15, -0.1) is 0 Å². The first-order valence-corrected chi connectivity index (χ1v) is 14.2. The maximum Gasteiger partial charge on any atom is 0.210 e. The second-order valence-corrected chi connectivity index (χ2v) is 11.6. The molecule has 0 saturated heterocycles. The third-order valence-electron chi connectivity index (χ3n) is 9.44. The summed E-state index contributed by atoms with van der Waals surface area (Å²) < 4.78 is 69.3. The summed E-state index contributed by atoms with van der Waals surface area (Å²) >= 11 is 0. The first-order valence-electron chi connectivity index (χ1n) is 14.2. The quantitative estimate of drug-likeness (QED) is 0.148.